The van der Waals surface area contributed by atoms with Crippen LogP contribution < -0.4 is 16.4 Å². The van der Waals surface area contributed by atoms with E-state index in [4.69, 9.17) is 5.73 Å². The standard InChI is InChI=1S/C28H26F2N6OS/c1-16(17-9-10-28(2,30)24(29)13-17)36-27(37)20-4-3-11-32-26(20)33-14-19-6-8-23(38-19)18-5-7-22-21(12-18)25(31)35-15-34-22/h3-9,11-13,15-16H,10,14H2,1-2H3,(H,32,33)(H,36,37)(H2,31,34,35). The summed E-state index contributed by atoms with van der Waals surface area (Å²) in [5.41, 5.74) is 6.69. The Hall–Kier alpha value is -4.18. The first kappa shape index (κ1) is 25.5. The van der Waals surface area contributed by atoms with E-state index in [2.05, 4.69) is 25.6 Å². The fourth-order valence-corrected chi connectivity index (χ4v) is 5.12. The molecule has 5 rings (SSSR count). The van der Waals surface area contributed by atoms with E-state index in [0.29, 0.717) is 29.3 Å². The average molecular weight is 533 g/mol. The quantitative estimate of drug-likeness (QED) is 0.271. The minimum Gasteiger partial charge on any atom is -0.383 e. The number of alkyl halides is 1. The van der Waals surface area contributed by atoms with Crippen LogP contribution in [-0.2, 0) is 6.54 Å². The molecule has 1 aromatic carbocycles. The van der Waals surface area contributed by atoms with Gasteiger partial charge in [0, 0.05) is 27.8 Å². The zero-order valence-corrected chi connectivity index (χ0v) is 21.7. The molecule has 10 heteroatoms. The number of halogens is 2. The third kappa shape index (κ3) is 5.26. The number of fused-ring (bicyclic) bond motifs is 1. The lowest BCUT2D eigenvalue weighted by atomic mass is 9.91. The molecule has 38 heavy (non-hydrogen) atoms. The van der Waals surface area contributed by atoms with E-state index in [1.807, 2.05) is 30.3 Å². The van der Waals surface area contributed by atoms with E-state index in [1.54, 1.807) is 42.7 Å². The maximum absolute atomic E-state index is 14.1. The number of amides is 1. The molecule has 0 saturated carbocycles. The average Bonchev–Trinajstić information content (AvgIpc) is 3.38. The molecule has 0 radical (unpaired) electrons. The summed E-state index contributed by atoms with van der Waals surface area (Å²) in [4.78, 5) is 27.8. The number of nitrogens with zero attached hydrogens (tertiary/aromatic N) is 3. The molecule has 2 unspecified atom stereocenters. The summed E-state index contributed by atoms with van der Waals surface area (Å²) in [7, 11) is 0. The highest BCUT2D eigenvalue weighted by Crippen LogP contribution is 2.34. The Kier molecular flexibility index (Phi) is 6.90. The first-order valence-electron chi connectivity index (χ1n) is 12.1. The van der Waals surface area contributed by atoms with Crippen molar-refractivity contribution < 1.29 is 13.6 Å². The molecule has 1 aliphatic rings. The molecule has 194 valence electrons. The van der Waals surface area contributed by atoms with Crippen molar-refractivity contribution in [1.29, 1.82) is 0 Å². The van der Waals surface area contributed by atoms with Gasteiger partial charge in [0.2, 0.25) is 0 Å². The highest BCUT2D eigenvalue weighted by Gasteiger charge is 2.32. The number of anilines is 2. The summed E-state index contributed by atoms with van der Waals surface area (Å²) >= 11 is 1.61. The molecule has 1 aliphatic carbocycles. The molecule has 1 amide bonds. The van der Waals surface area contributed by atoms with Gasteiger partial charge >= 0.3 is 0 Å². The monoisotopic (exact) mass is 532 g/mol. The number of carbonyl (C=O) groups excluding carboxylic acids is 1. The predicted molar refractivity (Wildman–Crippen MR) is 147 cm³/mol. The number of aromatic nitrogens is 3. The molecule has 0 spiro atoms. The van der Waals surface area contributed by atoms with Crippen LogP contribution in [0.2, 0.25) is 0 Å². The number of rotatable bonds is 7. The molecule has 3 aromatic heterocycles. The van der Waals surface area contributed by atoms with Gasteiger partial charge in [-0.3, -0.25) is 4.79 Å². The summed E-state index contributed by atoms with van der Waals surface area (Å²) in [6.45, 7) is 3.40. The Bertz CT molecular complexity index is 1580. The SMILES string of the molecule is CC(NC(=O)c1cccnc1NCc1ccc(-c2ccc3ncnc(N)c3c2)s1)C1=CCC(C)(F)C(F)=C1. The van der Waals surface area contributed by atoms with Crippen molar-refractivity contribution in [2.24, 2.45) is 0 Å². The predicted octanol–water partition coefficient (Wildman–Crippen LogP) is 5.98. The van der Waals surface area contributed by atoms with Crippen LogP contribution in [0.15, 0.2) is 78.5 Å². The maximum atomic E-state index is 14.1. The van der Waals surface area contributed by atoms with E-state index in [0.717, 1.165) is 32.3 Å². The van der Waals surface area contributed by atoms with Gasteiger partial charge in [-0.25, -0.2) is 23.7 Å². The van der Waals surface area contributed by atoms with Gasteiger partial charge in [-0.2, -0.15) is 0 Å². The van der Waals surface area contributed by atoms with Crippen LogP contribution in [-0.4, -0.2) is 32.6 Å². The molecule has 0 bridgehead atoms. The van der Waals surface area contributed by atoms with Crippen molar-refractivity contribution in [2.75, 3.05) is 11.1 Å². The van der Waals surface area contributed by atoms with Crippen molar-refractivity contribution in [1.82, 2.24) is 20.3 Å². The molecule has 3 heterocycles. The summed E-state index contributed by atoms with van der Waals surface area (Å²) in [5, 5.41) is 6.91. The number of thiophene rings is 1. The number of nitrogens with two attached hydrogens (primary N) is 1. The fraction of sp³-hybridized carbons (Fsp3) is 0.214. The second kappa shape index (κ2) is 10.3. The first-order valence-corrected chi connectivity index (χ1v) is 12.9. The second-order valence-electron chi connectivity index (χ2n) is 9.30. The highest BCUT2D eigenvalue weighted by molar-refractivity contribution is 7.15. The van der Waals surface area contributed by atoms with Crippen LogP contribution in [0.1, 0.15) is 35.5 Å². The third-order valence-electron chi connectivity index (χ3n) is 6.45. The first-order chi connectivity index (χ1) is 18.2. The molecule has 4 N–H and O–H groups in total. The second-order valence-corrected chi connectivity index (χ2v) is 10.5. The van der Waals surface area contributed by atoms with Gasteiger partial charge in [0.05, 0.1) is 23.7 Å². The minimum absolute atomic E-state index is 0.0756. The Balaban J connectivity index is 1.27. The number of nitrogen functional groups attached to an aromatic ring is 1. The van der Waals surface area contributed by atoms with E-state index in [-0.39, 0.29) is 12.3 Å². The van der Waals surface area contributed by atoms with Crippen molar-refractivity contribution in [3.63, 3.8) is 0 Å². The fourth-order valence-electron chi connectivity index (χ4n) is 4.18. The molecule has 4 aromatic rings. The Morgan fingerprint density at radius 3 is 2.87 bits per heavy atom. The Morgan fingerprint density at radius 2 is 2.05 bits per heavy atom. The maximum Gasteiger partial charge on any atom is 0.255 e. The van der Waals surface area contributed by atoms with Crippen molar-refractivity contribution >= 4 is 39.8 Å². The molecule has 0 fully saturated rings. The van der Waals surface area contributed by atoms with Gasteiger partial charge in [-0.15, -0.1) is 11.3 Å². The van der Waals surface area contributed by atoms with Gasteiger partial charge in [-0.05, 0) is 67.5 Å². The molecule has 0 aliphatic heterocycles. The summed E-state index contributed by atoms with van der Waals surface area (Å²) < 4.78 is 28.1. The van der Waals surface area contributed by atoms with Crippen molar-refractivity contribution in [2.45, 2.75) is 38.5 Å². The van der Waals surface area contributed by atoms with E-state index in [1.165, 1.54) is 13.3 Å². The van der Waals surface area contributed by atoms with Crippen molar-refractivity contribution in [3.8, 4) is 10.4 Å². The number of hydrogen-bond donors (Lipinski definition) is 3. The lowest BCUT2D eigenvalue weighted by Crippen LogP contribution is -2.35. The zero-order chi connectivity index (χ0) is 26.9. The van der Waals surface area contributed by atoms with Crippen LogP contribution >= 0.6 is 11.3 Å². The molecule has 0 saturated heterocycles. The summed E-state index contributed by atoms with van der Waals surface area (Å²) in [6.07, 6.45) is 5.75. The largest absolute Gasteiger partial charge is 0.383 e. The van der Waals surface area contributed by atoms with E-state index >= 15 is 0 Å². The minimum atomic E-state index is -2.01. The number of pyridine rings is 1. The van der Waals surface area contributed by atoms with Gasteiger partial charge in [0.25, 0.3) is 5.91 Å². The lowest BCUT2D eigenvalue weighted by Gasteiger charge is -2.24. The highest BCUT2D eigenvalue weighted by atomic mass is 32.1. The number of carbonyl (C=O) groups is 1. The van der Waals surface area contributed by atoms with Crippen LogP contribution in [0, 0.1) is 0 Å². The number of allylic oxidation sites excluding steroid dienone is 2. The molecule has 7 nitrogen and oxygen atoms in total. The molecule has 2 atom stereocenters. The van der Waals surface area contributed by atoms with Crippen LogP contribution in [0.5, 0.6) is 0 Å². The molecular formula is C28H26F2N6OS. The third-order valence-corrected chi connectivity index (χ3v) is 7.59. The van der Waals surface area contributed by atoms with Gasteiger partial charge in [-0.1, -0.05) is 12.1 Å². The zero-order valence-electron chi connectivity index (χ0n) is 20.8. The van der Waals surface area contributed by atoms with Crippen molar-refractivity contribution in [3.05, 3.63) is 89.0 Å². The van der Waals surface area contributed by atoms with Gasteiger partial charge in [0.1, 0.15) is 23.8 Å². The smallest absolute Gasteiger partial charge is 0.255 e. The van der Waals surface area contributed by atoms with E-state index in [9.17, 15) is 13.6 Å². The van der Waals surface area contributed by atoms with Gasteiger partial charge < -0.3 is 16.4 Å². The summed E-state index contributed by atoms with van der Waals surface area (Å²) in [6, 6.07) is 12.8. The normalized spacial score (nSPS) is 18.0. The van der Waals surface area contributed by atoms with Gasteiger partial charge in [0.15, 0.2) is 5.67 Å². The summed E-state index contributed by atoms with van der Waals surface area (Å²) in [5.74, 6) is -0.333. The molecular weight excluding hydrogens is 506 g/mol. The number of hydrogen-bond acceptors (Lipinski definition) is 7. The Morgan fingerprint density at radius 1 is 1.21 bits per heavy atom. The van der Waals surface area contributed by atoms with E-state index < -0.39 is 17.5 Å². The topological polar surface area (TPSA) is 106 Å². The van der Waals surface area contributed by atoms with Crippen LogP contribution in [0.25, 0.3) is 21.3 Å². The Labute approximate surface area is 222 Å². The lowest BCUT2D eigenvalue weighted by molar-refractivity contribution is 0.0946. The number of nitrogens with one attached hydrogen (secondary N) is 2. The van der Waals surface area contributed by atoms with Crippen LogP contribution in [0.3, 0.4) is 0 Å². The number of benzene rings is 1. The van der Waals surface area contributed by atoms with Crippen LogP contribution in [0.4, 0.5) is 20.4 Å².